The van der Waals surface area contributed by atoms with E-state index in [0.717, 1.165) is 0 Å². The number of carboxylic acid groups (broad SMARTS) is 1. The standard InChI is InChI=1S/C14H15B2NO7S/c18-14(19)9-17-25(24,12-5-1-3-10(7-12)15(20)21)13-6-2-4-11(8-13)16(22)23/h1-8,20-23H,9H2,(H,18,19). The van der Waals surface area contributed by atoms with Crippen LogP contribution in [0.2, 0.25) is 0 Å². The highest BCUT2D eigenvalue weighted by atomic mass is 32.2. The quantitative estimate of drug-likeness (QED) is 0.374. The van der Waals surface area contributed by atoms with Crippen LogP contribution < -0.4 is 10.9 Å². The zero-order valence-electron chi connectivity index (χ0n) is 12.9. The molecule has 0 aliphatic heterocycles. The number of rotatable bonds is 6. The summed E-state index contributed by atoms with van der Waals surface area (Å²) in [7, 11) is -7.05. The van der Waals surface area contributed by atoms with Gasteiger partial charge < -0.3 is 25.2 Å². The van der Waals surface area contributed by atoms with E-state index in [9.17, 15) is 29.1 Å². The van der Waals surface area contributed by atoms with Crippen molar-refractivity contribution >= 4 is 40.9 Å². The van der Waals surface area contributed by atoms with E-state index in [4.69, 9.17) is 5.11 Å². The molecule has 0 radical (unpaired) electrons. The van der Waals surface area contributed by atoms with Crippen molar-refractivity contribution < 1.29 is 34.2 Å². The van der Waals surface area contributed by atoms with E-state index >= 15 is 0 Å². The molecule has 0 fully saturated rings. The van der Waals surface area contributed by atoms with Crippen molar-refractivity contribution in [2.75, 3.05) is 6.54 Å². The molecule has 2 aromatic carbocycles. The Balaban J connectivity index is 2.69. The Morgan fingerprint density at radius 1 is 0.920 bits per heavy atom. The number of aliphatic carboxylic acids is 1. The van der Waals surface area contributed by atoms with Crippen molar-refractivity contribution in [2.24, 2.45) is 4.36 Å². The van der Waals surface area contributed by atoms with E-state index in [1.807, 2.05) is 0 Å². The Bertz CT molecular complexity index is 837. The first-order valence-electron chi connectivity index (χ1n) is 7.11. The van der Waals surface area contributed by atoms with Crippen LogP contribution in [0.4, 0.5) is 0 Å². The summed E-state index contributed by atoms with van der Waals surface area (Å²) in [5.41, 5.74) is 0.128. The number of carbonyl (C=O) groups is 1. The summed E-state index contributed by atoms with van der Waals surface area (Å²) in [5.74, 6) is -1.29. The molecule has 0 heterocycles. The Morgan fingerprint density at radius 3 is 1.72 bits per heavy atom. The van der Waals surface area contributed by atoms with Gasteiger partial charge in [-0.3, -0.25) is 4.79 Å². The van der Waals surface area contributed by atoms with Gasteiger partial charge in [0.15, 0.2) is 0 Å². The summed E-state index contributed by atoms with van der Waals surface area (Å²) in [6.45, 7) is -0.739. The van der Waals surface area contributed by atoms with Gasteiger partial charge in [0.05, 0.1) is 9.79 Å². The summed E-state index contributed by atoms with van der Waals surface area (Å²) in [6, 6.07) is 11.0. The predicted octanol–water partition coefficient (Wildman–Crippen LogP) is -1.98. The third-order valence-electron chi connectivity index (χ3n) is 3.33. The Morgan fingerprint density at radius 2 is 1.36 bits per heavy atom. The molecule has 0 saturated carbocycles. The fourth-order valence-corrected chi connectivity index (χ4v) is 4.11. The molecule has 0 bridgehead atoms. The van der Waals surface area contributed by atoms with Crippen LogP contribution in [0.5, 0.6) is 0 Å². The molecule has 0 aromatic heterocycles. The SMILES string of the molecule is O=C(O)CN=S(=O)(c1cccc(B(O)O)c1)c1cccc(B(O)O)c1. The van der Waals surface area contributed by atoms with Crippen molar-refractivity contribution in [3.05, 3.63) is 48.5 Å². The molecule has 0 unspecified atom stereocenters. The largest absolute Gasteiger partial charge is 0.488 e. The van der Waals surface area contributed by atoms with Crippen molar-refractivity contribution in [1.29, 1.82) is 0 Å². The molecule has 2 rings (SSSR count). The summed E-state index contributed by atoms with van der Waals surface area (Å²) in [5, 5.41) is 46.0. The number of hydrogen-bond donors (Lipinski definition) is 5. The minimum absolute atomic E-state index is 0.0640. The minimum atomic E-state index is -3.45. The van der Waals surface area contributed by atoms with Crippen molar-refractivity contribution in [3.8, 4) is 0 Å². The zero-order valence-corrected chi connectivity index (χ0v) is 13.7. The second kappa shape index (κ2) is 7.81. The first-order valence-corrected chi connectivity index (χ1v) is 8.62. The Kier molecular flexibility index (Phi) is 5.98. The van der Waals surface area contributed by atoms with Crippen molar-refractivity contribution in [1.82, 2.24) is 0 Å². The molecular weight excluding hydrogens is 348 g/mol. The van der Waals surface area contributed by atoms with Gasteiger partial charge in [-0.05, 0) is 35.2 Å². The van der Waals surface area contributed by atoms with Crippen LogP contribution in [0.15, 0.2) is 62.7 Å². The monoisotopic (exact) mass is 363 g/mol. The third kappa shape index (κ3) is 4.47. The summed E-state index contributed by atoms with van der Waals surface area (Å²) in [6.07, 6.45) is 0. The smallest absolute Gasteiger partial charge is 0.480 e. The van der Waals surface area contributed by atoms with Gasteiger partial charge in [-0.2, -0.15) is 0 Å². The first kappa shape index (κ1) is 19.2. The molecule has 130 valence electrons. The van der Waals surface area contributed by atoms with Gasteiger partial charge in [-0.25, -0.2) is 8.57 Å². The van der Waals surface area contributed by atoms with Crippen molar-refractivity contribution in [2.45, 2.75) is 9.79 Å². The summed E-state index contributed by atoms with van der Waals surface area (Å²) >= 11 is 0. The number of hydrogen-bond acceptors (Lipinski definition) is 7. The van der Waals surface area contributed by atoms with E-state index in [0.29, 0.717) is 0 Å². The molecule has 8 nitrogen and oxygen atoms in total. The number of carboxylic acids is 1. The van der Waals surface area contributed by atoms with Gasteiger partial charge in [-0.15, -0.1) is 0 Å². The molecule has 5 N–H and O–H groups in total. The van der Waals surface area contributed by atoms with Crippen LogP contribution in [0.3, 0.4) is 0 Å². The second-order valence-electron chi connectivity index (χ2n) is 5.10. The maximum absolute atomic E-state index is 13.5. The van der Waals surface area contributed by atoms with Crippen molar-refractivity contribution in [3.63, 3.8) is 0 Å². The number of benzene rings is 2. The van der Waals surface area contributed by atoms with E-state index in [2.05, 4.69) is 4.36 Å². The molecule has 0 amide bonds. The zero-order chi connectivity index (χ0) is 18.6. The molecule has 0 aliphatic carbocycles. The highest BCUT2D eigenvalue weighted by Gasteiger charge is 2.21. The molecule has 2 aromatic rings. The highest BCUT2D eigenvalue weighted by molar-refractivity contribution is 7.93. The number of nitrogens with zero attached hydrogens (tertiary/aromatic N) is 1. The molecule has 0 atom stereocenters. The van der Waals surface area contributed by atoms with E-state index in [-0.39, 0.29) is 20.7 Å². The van der Waals surface area contributed by atoms with Crippen LogP contribution in [0, 0.1) is 0 Å². The fourth-order valence-electron chi connectivity index (χ4n) is 2.13. The van der Waals surface area contributed by atoms with E-state index < -0.39 is 36.5 Å². The van der Waals surface area contributed by atoms with Gasteiger partial charge in [0.25, 0.3) is 0 Å². The Labute approximate surface area is 144 Å². The minimum Gasteiger partial charge on any atom is -0.480 e. The lowest BCUT2D eigenvalue weighted by Crippen LogP contribution is -2.31. The predicted molar refractivity (Wildman–Crippen MR) is 92.1 cm³/mol. The van der Waals surface area contributed by atoms with Crippen LogP contribution in [0.1, 0.15) is 0 Å². The highest BCUT2D eigenvalue weighted by Crippen LogP contribution is 2.22. The van der Waals surface area contributed by atoms with Gasteiger partial charge in [-0.1, -0.05) is 24.3 Å². The summed E-state index contributed by atoms with van der Waals surface area (Å²) < 4.78 is 17.3. The van der Waals surface area contributed by atoms with Gasteiger partial charge in [0.2, 0.25) is 0 Å². The fraction of sp³-hybridized carbons (Fsp3) is 0.0714. The molecule has 0 spiro atoms. The van der Waals surface area contributed by atoms with E-state index in [1.54, 1.807) is 0 Å². The van der Waals surface area contributed by atoms with E-state index in [1.165, 1.54) is 48.5 Å². The third-order valence-corrected chi connectivity index (χ3v) is 5.61. The van der Waals surface area contributed by atoms with Gasteiger partial charge in [0, 0.05) is 0 Å². The molecular formula is C14H15B2NO7S. The van der Waals surface area contributed by atoms with Gasteiger partial charge >= 0.3 is 20.2 Å². The van der Waals surface area contributed by atoms with Gasteiger partial charge in [0.1, 0.15) is 16.3 Å². The maximum atomic E-state index is 13.5. The second-order valence-corrected chi connectivity index (χ2v) is 7.35. The van der Waals surface area contributed by atoms with Crippen LogP contribution in [-0.2, 0) is 14.5 Å². The molecule has 25 heavy (non-hydrogen) atoms. The average Bonchev–Trinajstić information content (AvgIpc) is 2.59. The summed E-state index contributed by atoms with van der Waals surface area (Å²) in [4.78, 5) is 11.0. The average molecular weight is 363 g/mol. The Hall–Kier alpha value is -2.17. The molecule has 0 aliphatic rings. The maximum Gasteiger partial charge on any atom is 0.488 e. The topological polar surface area (TPSA) is 148 Å². The van der Waals surface area contributed by atoms with Crippen LogP contribution in [-0.4, -0.2) is 56.2 Å². The normalized spacial score (nSPS) is 11.0. The molecule has 0 saturated heterocycles. The van der Waals surface area contributed by atoms with Crippen LogP contribution in [0.25, 0.3) is 0 Å². The molecule has 11 heteroatoms. The lowest BCUT2D eigenvalue weighted by atomic mass is 9.80. The lowest BCUT2D eigenvalue weighted by Gasteiger charge is -2.13. The van der Waals surface area contributed by atoms with Crippen LogP contribution >= 0.6 is 0 Å². The first-order chi connectivity index (χ1) is 11.7. The lowest BCUT2D eigenvalue weighted by molar-refractivity contribution is -0.135.